The summed E-state index contributed by atoms with van der Waals surface area (Å²) in [5, 5.41) is 0.785. The Balaban J connectivity index is 2.24. The Hall–Kier alpha value is -1.31. The average Bonchev–Trinajstić information content (AvgIpc) is 2.37. The molecule has 106 valence electrons. The lowest BCUT2D eigenvalue weighted by atomic mass is 10.3. The second kappa shape index (κ2) is 5.99. The van der Waals surface area contributed by atoms with Crippen LogP contribution in [0.3, 0.4) is 0 Å². The first-order valence-electron chi connectivity index (χ1n) is 5.45. The highest BCUT2D eigenvalue weighted by Crippen LogP contribution is 2.25. The minimum atomic E-state index is -3.22. The van der Waals surface area contributed by atoms with Crippen LogP contribution in [0.2, 0.25) is 5.15 Å². The fourth-order valence-electron chi connectivity index (χ4n) is 1.40. The third kappa shape index (κ3) is 3.84. The number of hydrogen-bond acceptors (Lipinski definition) is 6. The molecule has 0 aliphatic rings. The van der Waals surface area contributed by atoms with Gasteiger partial charge in [0.05, 0.1) is 4.90 Å². The summed E-state index contributed by atoms with van der Waals surface area (Å²) >= 11 is 7.20. The van der Waals surface area contributed by atoms with Crippen LogP contribution in [0.1, 0.15) is 0 Å². The SMILES string of the molecule is CSc1nc(Cl)cc(Oc2ccc(S(C)(=O)=O)cc2)n1. The third-order valence-corrected chi connectivity index (χ3v) is 4.18. The summed E-state index contributed by atoms with van der Waals surface area (Å²) in [6.45, 7) is 0. The van der Waals surface area contributed by atoms with E-state index in [-0.39, 0.29) is 10.0 Å². The van der Waals surface area contributed by atoms with Gasteiger partial charge >= 0.3 is 0 Å². The van der Waals surface area contributed by atoms with Crippen LogP contribution in [0.5, 0.6) is 11.6 Å². The van der Waals surface area contributed by atoms with Crippen LogP contribution in [-0.2, 0) is 9.84 Å². The van der Waals surface area contributed by atoms with E-state index in [1.807, 2.05) is 6.26 Å². The van der Waals surface area contributed by atoms with Crippen molar-refractivity contribution >= 4 is 33.2 Å². The van der Waals surface area contributed by atoms with E-state index in [9.17, 15) is 8.42 Å². The molecule has 0 unspecified atom stereocenters. The van der Waals surface area contributed by atoms with E-state index >= 15 is 0 Å². The van der Waals surface area contributed by atoms with Crippen molar-refractivity contribution in [1.82, 2.24) is 9.97 Å². The van der Waals surface area contributed by atoms with Crippen molar-refractivity contribution in [3.05, 3.63) is 35.5 Å². The van der Waals surface area contributed by atoms with Crippen molar-refractivity contribution in [2.45, 2.75) is 10.1 Å². The Morgan fingerprint density at radius 2 is 1.85 bits per heavy atom. The number of ether oxygens (including phenoxy) is 1. The summed E-state index contributed by atoms with van der Waals surface area (Å²) in [6.07, 6.45) is 2.98. The minimum Gasteiger partial charge on any atom is -0.439 e. The van der Waals surface area contributed by atoms with Crippen molar-refractivity contribution in [3.63, 3.8) is 0 Å². The number of benzene rings is 1. The fourth-order valence-corrected chi connectivity index (χ4v) is 2.62. The van der Waals surface area contributed by atoms with E-state index in [1.54, 1.807) is 12.1 Å². The van der Waals surface area contributed by atoms with Gasteiger partial charge in [0, 0.05) is 12.3 Å². The summed E-state index contributed by atoms with van der Waals surface area (Å²) in [5.74, 6) is 0.778. The predicted molar refractivity (Wildman–Crippen MR) is 78.4 cm³/mol. The smallest absolute Gasteiger partial charge is 0.224 e. The molecule has 0 fully saturated rings. The van der Waals surface area contributed by atoms with Crippen molar-refractivity contribution in [3.8, 4) is 11.6 Å². The highest BCUT2D eigenvalue weighted by atomic mass is 35.5. The van der Waals surface area contributed by atoms with E-state index in [2.05, 4.69) is 9.97 Å². The minimum absolute atomic E-state index is 0.232. The molecule has 1 heterocycles. The van der Waals surface area contributed by atoms with E-state index in [0.717, 1.165) is 6.26 Å². The molecule has 0 amide bonds. The standard InChI is InChI=1S/C12H11ClN2O3S2/c1-19-12-14-10(13)7-11(15-12)18-8-3-5-9(6-4-8)20(2,16)17/h3-7H,1-2H3. The molecule has 0 atom stereocenters. The molecule has 0 radical (unpaired) electrons. The van der Waals surface area contributed by atoms with Crippen LogP contribution < -0.4 is 4.74 Å². The molecule has 1 aromatic carbocycles. The van der Waals surface area contributed by atoms with Gasteiger partial charge in [-0.05, 0) is 30.5 Å². The first-order valence-corrected chi connectivity index (χ1v) is 8.94. The molecular formula is C12H11ClN2O3S2. The number of halogens is 1. The maximum Gasteiger partial charge on any atom is 0.224 e. The number of rotatable bonds is 4. The van der Waals surface area contributed by atoms with E-state index in [1.165, 1.54) is 30.0 Å². The lowest BCUT2D eigenvalue weighted by Crippen LogP contribution is -1.97. The van der Waals surface area contributed by atoms with Gasteiger partial charge in [0.15, 0.2) is 15.0 Å². The summed E-state index contributed by atoms with van der Waals surface area (Å²) < 4.78 is 28.2. The molecule has 0 spiro atoms. The van der Waals surface area contributed by atoms with Gasteiger partial charge in [-0.3, -0.25) is 0 Å². The zero-order valence-corrected chi connectivity index (χ0v) is 13.1. The molecule has 0 bridgehead atoms. The third-order valence-electron chi connectivity index (χ3n) is 2.31. The Labute approximate surface area is 126 Å². The van der Waals surface area contributed by atoms with Crippen LogP contribution >= 0.6 is 23.4 Å². The van der Waals surface area contributed by atoms with Crippen LogP contribution in [0.4, 0.5) is 0 Å². The molecule has 0 aliphatic heterocycles. The van der Waals surface area contributed by atoms with E-state index in [0.29, 0.717) is 16.8 Å². The molecule has 1 aromatic heterocycles. The Morgan fingerprint density at radius 1 is 1.20 bits per heavy atom. The van der Waals surface area contributed by atoms with Crippen molar-refractivity contribution in [2.24, 2.45) is 0 Å². The van der Waals surface area contributed by atoms with Gasteiger partial charge < -0.3 is 4.74 Å². The monoisotopic (exact) mass is 330 g/mol. The molecule has 20 heavy (non-hydrogen) atoms. The average molecular weight is 331 g/mol. The quantitative estimate of drug-likeness (QED) is 0.487. The van der Waals surface area contributed by atoms with Gasteiger partial charge in [0.1, 0.15) is 10.9 Å². The van der Waals surface area contributed by atoms with Gasteiger partial charge in [-0.1, -0.05) is 23.4 Å². The first kappa shape index (κ1) is 15.1. The van der Waals surface area contributed by atoms with E-state index < -0.39 is 9.84 Å². The Morgan fingerprint density at radius 3 is 2.40 bits per heavy atom. The van der Waals surface area contributed by atoms with Gasteiger partial charge in [-0.2, -0.15) is 4.98 Å². The molecule has 5 nitrogen and oxygen atoms in total. The zero-order chi connectivity index (χ0) is 14.8. The lowest BCUT2D eigenvalue weighted by Gasteiger charge is -2.06. The molecule has 0 saturated heterocycles. The molecule has 0 saturated carbocycles. The molecular weight excluding hydrogens is 320 g/mol. The van der Waals surface area contributed by atoms with Crippen LogP contribution in [0.15, 0.2) is 40.4 Å². The predicted octanol–water partition coefficient (Wildman–Crippen LogP) is 3.05. The summed E-state index contributed by atoms with van der Waals surface area (Å²) in [7, 11) is -3.22. The number of nitrogens with zero attached hydrogens (tertiary/aromatic N) is 2. The zero-order valence-electron chi connectivity index (χ0n) is 10.7. The number of thioether (sulfide) groups is 1. The Bertz CT molecular complexity index is 718. The molecule has 2 aromatic rings. The van der Waals surface area contributed by atoms with Crippen molar-refractivity contribution < 1.29 is 13.2 Å². The second-order valence-electron chi connectivity index (χ2n) is 3.86. The fraction of sp³-hybridized carbons (Fsp3) is 0.167. The summed E-state index contributed by atoms with van der Waals surface area (Å²) in [6, 6.07) is 7.56. The first-order chi connectivity index (χ1) is 9.38. The number of sulfone groups is 1. The highest BCUT2D eigenvalue weighted by molar-refractivity contribution is 7.98. The maximum atomic E-state index is 11.3. The summed E-state index contributed by atoms with van der Waals surface area (Å²) in [4.78, 5) is 8.38. The largest absolute Gasteiger partial charge is 0.439 e. The van der Waals surface area contributed by atoms with Crippen LogP contribution in [0, 0.1) is 0 Å². The topological polar surface area (TPSA) is 69.2 Å². The molecule has 8 heteroatoms. The van der Waals surface area contributed by atoms with Gasteiger partial charge in [0.2, 0.25) is 5.88 Å². The lowest BCUT2D eigenvalue weighted by molar-refractivity contribution is 0.455. The maximum absolute atomic E-state index is 11.3. The summed E-state index contributed by atoms with van der Waals surface area (Å²) in [5.41, 5.74) is 0. The van der Waals surface area contributed by atoms with Crippen LogP contribution in [0.25, 0.3) is 0 Å². The van der Waals surface area contributed by atoms with Crippen molar-refractivity contribution in [2.75, 3.05) is 12.5 Å². The second-order valence-corrected chi connectivity index (χ2v) is 7.04. The number of hydrogen-bond donors (Lipinski definition) is 0. The molecule has 0 aliphatic carbocycles. The van der Waals surface area contributed by atoms with Gasteiger partial charge in [-0.15, -0.1) is 0 Å². The van der Waals surface area contributed by atoms with E-state index in [4.69, 9.17) is 16.3 Å². The van der Waals surface area contributed by atoms with Gasteiger partial charge in [0.25, 0.3) is 0 Å². The normalized spacial score (nSPS) is 11.3. The highest BCUT2D eigenvalue weighted by Gasteiger charge is 2.08. The number of aromatic nitrogens is 2. The Kier molecular flexibility index (Phi) is 4.52. The van der Waals surface area contributed by atoms with Gasteiger partial charge in [-0.25, -0.2) is 13.4 Å². The molecule has 0 N–H and O–H groups in total. The molecule has 2 rings (SSSR count). The van der Waals surface area contributed by atoms with Crippen molar-refractivity contribution in [1.29, 1.82) is 0 Å². The van der Waals surface area contributed by atoms with Crippen LogP contribution in [-0.4, -0.2) is 30.9 Å².